The van der Waals surface area contributed by atoms with Gasteiger partial charge in [0.25, 0.3) is 11.5 Å². The second-order valence-electron chi connectivity index (χ2n) is 9.44. The summed E-state index contributed by atoms with van der Waals surface area (Å²) in [5.41, 5.74) is 3.45. The zero-order chi connectivity index (χ0) is 26.6. The molecule has 0 saturated carbocycles. The van der Waals surface area contributed by atoms with Crippen molar-refractivity contribution in [3.05, 3.63) is 99.7 Å². The van der Waals surface area contributed by atoms with Crippen LogP contribution in [0.5, 0.6) is 0 Å². The van der Waals surface area contributed by atoms with Crippen LogP contribution in [0.15, 0.2) is 71.7 Å². The Bertz CT molecular complexity index is 1500. The molecule has 3 heterocycles. The van der Waals surface area contributed by atoms with Gasteiger partial charge in [-0.3, -0.25) is 14.5 Å². The van der Waals surface area contributed by atoms with Crippen LogP contribution in [0.3, 0.4) is 0 Å². The number of carbonyl (C=O) groups excluding carboxylic acids is 1. The predicted octanol–water partition coefficient (Wildman–Crippen LogP) is 5.30. The number of benzene rings is 2. The van der Waals surface area contributed by atoms with E-state index in [1.165, 1.54) is 18.2 Å². The fourth-order valence-electron chi connectivity index (χ4n) is 4.66. The summed E-state index contributed by atoms with van der Waals surface area (Å²) in [4.78, 5) is 31.9. The Morgan fingerprint density at radius 1 is 1.11 bits per heavy atom. The van der Waals surface area contributed by atoms with Gasteiger partial charge in [-0.25, -0.2) is 14.5 Å². The van der Waals surface area contributed by atoms with Crippen molar-refractivity contribution >= 4 is 23.1 Å². The van der Waals surface area contributed by atoms with E-state index in [0.717, 1.165) is 36.9 Å². The number of aromatic nitrogens is 3. The lowest BCUT2D eigenvalue weighted by molar-refractivity contribution is 0.102. The lowest BCUT2D eigenvalue weighted by Crippen LogP contribution is -2.17. The molecule has 2 aromatic carbocycles. The van der Waals surface area contributed by atoms with E-state index >= 15 is 0 Å². The molecule has 1 fully saturated rings. The first-order valence-electron chi connectivity index (χ1n) is 12.6. The molecule has 9 heteroatoms. The smallest absolute Gasteiger partial charge is 0.287 e. The first-order valence-corrected chi connectivity index (χ1v) is 12.6. The number of halogens is 1. The van der Waals surface area contributed by atoms with E-state index in [9.17, 15) is 14.0 Å². The van der Waals surface area contributed by atoms with Gasteiger partial charge in [-0.15, -0.1) is 0 Å². The van der Waals surface area contributed by atoms with Crippen LogP contribution >= 0.6 is 0 Å². The van der Waals surface area contributed by atoms with E-state index < -0.39 is 17.3 Å². The third kappa shape index (κ3) is 5.47. The van der Waals surface area contributed by atoms with Crippen LogP contribution in [0.2, 0.25) is 0 Å². The van der Waals surface area contributed by atoms with E-state index in [2.05, 4.69) is 37.8 Å². The number of pyridine rings is 1. The number of amides is 1. The van der Waals surface area contributed by atoms with Gasteiger partial charge in [0.1, 0.15) is 17.3 Å². The number of aryl methyl sites for hydroxylation is 1. The highest BCUT2D eigenvalue weighted by Gasteiger charge is 2.22. The summed E-state index contributed by atoms with van der Waals surface area (Å²) in [6, 6.07) is 17.2. The number of hydrogen-bond donors (Lipinski definition) is 3. The highest BCUT2D eigenvalue weighted by atomic mass is 19.1. The molecule has 5 rings (SSSR count). The third-order valence-corrected chi connectivity index (χ3v) is 6.89. The Morgan fingerprint density at radius 2 is 1.92 bits per heavy atom. The second kappa shape index (κ2) is 10.9. The number of rotatable bonds is 7. The molecule has 1 aliphatic heterocycles. The predicted molar refractivity (Wildman–Crippen MR) is 146 cm³/mol. The van der Waals surface area contributed by atoms with Gasteiger partial charge in [-0.05, 0) is 86.4 Å². The molecule has 8 nitrogen and oxygen atoms in total. The zero-order valence-electron chi connectivity index (χ0n) is 21.3. The van der Waals surface area contributed by atoms with Crippen molar-refractivity contribution in [2.75, 3.05) is 24.2 Å². The number of nitrogens with one attached hydrogen (secondary N) is 3. The minimum atomic E-state index is -0.577. The fraction of sp³-hybridized carbons (Fsp3) is 0.241. The molecule has 0 aliphatic carbocycles. The average Bonchev–Trinajstić information content (AvgIpc) is 3.37. The quantitative estimate of drug-likeness (QED) is 0.311. The molecule has 38 heavy (non-hydrogen) atoms. The summed E-state index contributed by atoms with van der Waals surface area (Å²) < 4.78 is 14.6. The molecule has 1 atom stereocenters. The van der Waals surface area contributed by atoms with Crippen LogP contribution in [0.25, 0.3) is 11.3 Å². The Morgan fingerprint density at radius 3 is 2.61 bits per heavy atom. The number of carbonyl (C=O) groups is 1. The van der Waals surface area contributed by atoms with Gasteiger partial charge in [0, 0.05) is 23.4 Å². The summed E-state index contributed by atoms with van der Waals surface area (Å²) >= 11 is 0. The van der Waals surface area contributed by atoms with Gasteiger partial charge in [0.2, 0.25) is 0 Å². The largest absolute Gasteiger partial charge is 0.336 e. The van der Waals surface area contributed by atoms with Crippen molar-refractivity contribution < 1.29 is 9.18 Å². The highest BCUT2D eigenvalue weighted by Crippen LogP contribution is 2.30. The lowest BCUT2D eigenvalue weighted by atomic mass is 10.1. The first-order chi connectivity index (χ1) is 18.4. The van der Waals surface area contributed by atoms with Gasteiger partial charge >= 0.3 is 0 Å². The molecule has 1 aliphatic rings. The van der Waals surface area contributed by atoms with Gasteiger partial charge in [-0.1, -0.05) is 25.1 Å². The normalized spacial score (nSPS) is 15.4. The van der Waals surface area contributed by atoms with Crippen molar-refractivity contribution in [1.82, 2.24) is 20.1 Å². The van der Waals surface area contributed by atoms with Crippen molar-refractivity contribution in [2.45, 2.75) is 32.2 Å². The maximum atomic E-state index is 14.6. The Hall–Kier alpha value is -4.37. The molecular weight excluding hydrogens is 483 g/mol. The summed E-state index contributed by atoms with van der Waals surface area (Å²) in [6.07, 6.45) is 4.96. The average molecular weight is 513 g/mol. The van der Waals surface area contributed by atoms with Gasteiger partial charge < -0.3 is 10.6 Å². The number of H-pyrrole nitrogens is 1. The molecule has 1 saturated heterocycles. The molecule has 1 unspecified atom stereocenters. The van der Waals surface area contributed by atoms with Gasteiger partial charge in [0.15, 0.2) is 0 Å². The number of hydrogen-bond acceptors (Lipinski definition) is 6. The Labute approximate surface area is 219 Å². The fourth-order valence-corrected chi connectivity index (χ4v) is 4.66. The van der Waals surface area contributed by atoms with Gasteiger partial charge in [0.05, 0.1) is 11.4 Å². The van der Waals surface area contributed by atoms with Crippen LogP contribution in [-0.2, 0) is 6.42 Å². The molecule has 0 bridgehead atoms. The van der Waals surface area contributed by atoms with E-state index in [-0.39, 0.29) is 11.4 Å². The Kier molecular flexibility index (Phi) is 7.28. The van der Waals surface area contributed by atoms with Crippen LogP contribution < -0.4 is 16.2 Å². The maximum absolute atomic E-state index is 14.6. The summed E-state index contributed by atoms with van der Waals surface area (Å²) in [7, 11) is 2.11. The van der Waals surface area contributed by atoms with Crippen LogP contribution in [-0.4, -0.2) is 39.6 Å². The van der Waals surface area contributed by atoms with E-state index in [0.29, 0.717) is 28.7 Å². The maximum Gasteiger partial charge on any atom is 0.287 e. The second-order valence-corrected chi connectivity index (χ2v) is 9.44. The number of nitrogens with zero attached hydrogens (tertiary/aromatic N) is 3. The number of aromatic amines is 1. The zero-order valence-corrected chi connectivity index (χ0v) is 21.3. The van der Waals surface area contributed by atoms with Crippen molar-refractivity contribution in [3.63, 3.8) is 0 Å². The van der Waals surface area contributed by atoms with Crippen molar-refractivity contribution in [1.29, 1.82) is 0 Å². The van der Waals surface area contributed by atoms with Crippen molar-refractivity contribution in [2.24, 2.45) is 0 Å². The minimum absolute atomic E-state index is 0.0173. The topological polar surface area (TPSA) is 103 Å². The third-order valence-electron chi connectivity index (χ3n) is 6.89. The van der Waals surface area contributed by atoms with Crippen LogP contribution in [0.4, 0.5) is 21.6 Å². The molecule has 3 N–H and O–H groups in total. The first kappa shape index (κ1) is 25.3. The standard InChI is InChI=1S/C29H29FN6O2/c1-3-18-6-8-19(9-7-18)28(37)33-24-15-20(10-12-22(24)30)23-16-25(29(38)35-34-23)32-27-13-11-21(17-31-27)26-5-4-14-36(26)2/h6-13,15-17,26H,3-5,14H2,1-2H3,(H,33,37)(H,35,38)(H,31,32,34). The molecular formula is C29H29FN6O2. The molecule has 0 spiro atoms. The SMILES string of the molecule is CCc1ccc(C(=O)Nc2cc(-c3cc(Nc4ccc(C5CCCN5C)cn4)c(=O)[nH]n3)ccc2F)cc1. The van der Waals surface area contributed by atoms with E-state index in [4.69, 9.17) is 0 Å². The van der Waals surface area contributed by atoms with E-state index in [1.807, 2.05) is 37.4 Å². The molecule has 0 radical (unpaired) electrons. The summed E-state index contributed by atoms with van der Waals surface area (Å²) in [6.45, 7) is 3.10. The molecule has 194 valence electrons. The minimum Gasteiger partial charge on any atom is -0.336 e. The Balaban J connectivity index is 1.34. The highest BCUT2D eigenvalue weighted by molar-refractivity contribution is 6.04. The van der Waals surface area contributed by atoms with Crippen molar-refractivity contribution in [3.8, 4) is 11.3 Å². The molecule has 2 aromatic heterocycles. The van der Waals surface area contributed by atoms with E-state index in [1.54, 1.807) is 18.2 Å². The number of likely N-dealkylation sites (tertiary alicyclic amines) is 1. The molecule has 4 aromatic rings. The monoisotopic (exact) mass is 512 g/mol. The summed E-state index contributed by atoms with van der Waals surface area (Å²) in [5.74, 6) is -0.468. The van der Waals surface area contributed by atoms with Crippen LogP contribution in [0, 0.1) is 5.82 Å². The summed E-state index contributed by atoms with van der Waals surface area (Å²) in [5, 5.41) is 12.3. The van der Waals surface area contributed by atoms with Gasteiger partial charge in [-0.2, -0.15) is 5.10 Å². The lowest BCUT2D eigenvalue weighted by Gasteiger charge is -2.19. The number of anilines is 3. The molecule has 1 amide bonds. The van der Waals surface area contributed by atoms with Crippen LogP contribution in [0.1, 0.15) is 47.3 Å².